The smallest absolute Gasteiger partial charge is 0.317 e. The Bertz CT molecular complexity index is 3060. The summed E-state index contributed by atoms with van der Waals surface area (Å²) >= 11 is 0. The Morgan fingerprint density at radius 2 is 0.675 bits per heavy atom. The van der Waals surface area contributed by atoms with Crippen LogP contribution in [-0.2, 0) is 39.4 Å². The number of esters is 2. The molecule has 2 saturated heterocycles. The number of rotatable bonds is 22. The highest BCUT2D eigenvalue weighted by Crippen LogP contribution is 2.58. The van der Waals surface area contributed by atoms with Gasteiger partial charge in [-0.1, -0.05) is 159 Å². The summed E-state index contributed by atoms with van der Waals surface area (Å²) in [5.74, 6) is 1.46. The first-order valence-corrected chi connectivity index (χ1v) is 26.6. The van der Waals surface area contributed by atoms with Crippen molar-refractivity contribution in [2.75, 3.05) is 52.9 Å². The van der Waals surface area contributed by atoms with Gasteiger partial charge in [0.2, 0.25) is 0 Å². The fraction of sp³-hybridized carbons (Fsp3) is 0.254. The maximum Gasteiger partial charge on any atom is 0.317 e. The molecule has 4 unspecified atom stereocenters. The third-order valence-electron chi connectivity index (χ3n) is 15.1. The van der Waals surface area contributed by atoms with E-state index in [2.05, 4.69) is 146 Å². The van der Waals surface area contributed by atoms with Crippen molar-refractivity contribution in [1.29, 1.82) is 0 Å². The number of benzene rings is 8. The average molecular weight is 1030 g/mol. The van der Waals surface area contributed by atoms with E-state index >= 15 is 0 Å². The Balaban J connectivity index is 0.625. The minimum atomic E-state index is -0.646. The van der Waals surface area contributed by atoms with Crippen LogP contribution in [0, 0.1) is 11.8 Å². The molecule has 10 heteroatoms. The molecule has 0 spiro atoms. The molecule has 2 fully saturated rings. The lowest BCUT2D eigenvalue weighted by atomic mass is 9.68. The van der Waals surface area contributed by atoms with Crippen molar-refractivity contribution in [2.24, 2.45) is 11.8 Å². The van der Waals surface area contributed by atoms with Crippen LogP contribution in [0.3, 0.4) is 0 Å². The molecule has 12 rings (SSSR count). The molecule has 4 atom stereocenters. The summed E-state index contributed by atoms with van der Waals surface area (Å²) in [5, 5.41) is 0. The first-order chi connectivity index (χ1) is 37.8. The van der Waals surface area contributed by atoms with Crippen molar-refractivity contribution in [2.45, 2.75) is 43.3 Å². The predicted octanol–water partition coefficient (Wildman–Crippen LogP) is 12.2. The van der Waals surface area contributed by atoms with E-state index in [4.69, 9.17) is 37.9 Å². The lowest BCUT2D eigenvalue weighted by molar-refractivity contribution is -0.156. The number of carbonyl (C=O) groups is 2. The van der Waals surface area contributed by atoms with Gasteiger partial charge in [-0.05, 0) is 115 Å². The van der Waals surface area contributed by atoms with Crippen molar-refractivity contribution in [3.63, 3.8) is 0 Å². The number of ether oxygens (including phenoxy) is 8. The molecule has 77 heavy (non-hydrogen) atoms. The van der Waals surface area contributed by atoms with Crippen molar-refractivity contribution in [1.82, 2.24) is 0 Å². The van der Waals surface area contributed by atoms with Crippen molar-refractivity contribution >= 4 is 11.9 Å². The monoisotopic (exact) mass is 1020 g/mol. The van der Waals surface area contributed by atoms with Crippen LogP contribution in [0.2, 0.25) is 0 Å². The summed E-state index contributed by atoms with van der Waals surface area (Å²) in [6, 6.07) is 67.9. The van der Waals surface area contributed by atoms with E-state index in [1.807, 2.05) is 62.4 Å². The molecule has 0 bridgehead atoms. The van der Waals surface area contributed by atoms with Crippen molar-refractivity contribution in [3.05, 3.63) is 239 Å². The quantitative estimate of drug-likeness (QED) is 0.0369. The predicted molar refractivity (Wildman–Crippen MR) is 294 cm³/mol. The lowest BCUT2D eigenvalue weighted by Gasteiger charge is -2.34. The highest BCUT2D eigenvalue weighted by atomic mass is 16.6. The van der Waals surface area contributed by atoms with Gasteiger partial charge in [-0.25, -0.2) is 0 Å². The molecular weight excluding hydrogens is 965 g/mol. The fourth-order valence-electron chi connectivity index (χ4n) is 11.2. The van der Waals surface area contributed by atoms with E-state index in [1.165, 1.54) is 44.5 Å². The Labute approximate surface area is 449 Å². The number of hydrogen-bond acceptors (Lipinski definition) is 10. The summed E-state index contributed by atoms with van der Waals surface area (Å²) in [6.07, 6.45) is -0.128. The van der Waals surface area contributed by atoms with Gasteiger partial charge >= 0.3 is 11.9 Å². The number of epoxide rings is 2. The van der Waals surface area contributed by atoms with Crippen LogP contribution in [-0.4, -0.2) is 77.0 Å². The van der Waals surface area contributed by atoms with E-state index in [0.29, 0.717) is 37.9 Å². The van der Waals surface area contributed by atoms with E-state index < -0.39 is 29.2 Å². The van der Waals surface area contributed by atoms with Gasteiger partial charge in [0.05, 0.1) is 50.5 Å². The summed E-state index contributed by atoms with van der Waals surface area (Å²) < 4.78 is 46.2. The van der Waals surface area contributed by atoms with Crippen LogP contribution in [0.25, 0.3) is 22.3 Å². The van der Waals surface area contributed by atoms with Gasteiger partial charge in [-0.2, -0.15) is 0 Å². The SMILES string of the molecule is CC(COC(=O)CC(=O)OCC(C)COc1ccc(C2(c3ccc(OCC4CO4)cc3)c3ccccc3-c3ccccc32)cc1)COc1ccc(C2(c3ccc(OCC4CO4)cc3)c3ccccc3-c3ccccc32)cc1. The summed E-state index contributed by atoms with van der Waals surface area (Å²) in [4.78, 5) is 25.6. The molecular formula is C67H60O10. The molecule has 8 aromatic carbocycles. The van der Waals surface area contributed by atoms with Crippen molar-refractivity contribution in [3.8, 4) is 45.3 Å². The van der Waals surface area contributed by atoms with Crippen LogP contribution in [0.4, 0.5) is 0 Å². The molecule has 8 aromatic rings. The molecule has 10 nitrogen and oxygen atoms in total. The molecule has 0 saturated carbocycles. The van der Waals surface area contributed by atoms with Gasteiger partial charge in [0.1, 0.15) is 54.8 Å². The molecule has 0 N–H and O–H groups in total. The van der Waals surface area contributed by atoms with E-state index in [9.17, 15) is 9.59 Å². The Hall–Kier alpha value is -8.18. The molecule has 2 aliphatic carbocycles. The van der Waals surface area contributed by atoms with Crippen LogP contribution in [0.1, 0.15) is 64.8 Å². The highest BCUT2D eigenvalue weighted by Gasteiger charge is 2.47. The van der Waals surface area contributed by atoms with E-state index in [0.717, 1.165) is 47.0 Å². The number of carbonyl (C=O) groups excluding carboxylic acids is 2. The van der Waals surface area contributed by atoms with Gasteiger partial charge in [-0.15, -0.1) is 0 Å². The van der Waals surface area contributed by atoms with Gasteiger partial charge in [0.25, 0.3) is 0 Å². The standard InChI is InChI=1S/C67H60O10/c1-44(36-70-50-27-19-46(20-28-50)66(48-23-31-52(32-24-48)72-40-54-42-74-54)60-15-7-3-11-56(60)57-12-4-8-16-61(57)66)38-76-64(68)35-65(69)77-39-45(2)37-71-51-29-21-47(22-30-51)67(49-25-33-53(34-26-49)73-41-55-43-75-55)62-17-9-5-13-58(62)59-14-6-10-18-63(59)67/h3-34,44-45,54-55H,35-43H2,1-2H3. The number of fused-ring (bicyclic) bond motifs is 6. The third kappa shape index (κ3) is 9.95. The summed E-state index contributed by atoms with van der Waals surface area (Å²) in [7, 11) is 0. The molecule has 4 aliphatic rings. The molecule has 0 aromatic heterocycles. The van der Waals surface area contributed by atoms with Crippen LogP contribution in [0.5, 0.6) is 23.0 Å². The average Bonchev–Trinajstić information content (AvgIpc) is 4.54. The Morgan fingerprint density at radius 3 is 0.961 bits per heavy atom. The summed E-state index contributed by atoms with van der Waals surface area (Å²) in [6.45, 7) is 7.27. The summed E-state index contributed by atoms with van der Waals surface area (Å²) in [5.41, 5.74) is 13.1. The zero-order chi connectivity index (χ0) is 52.3. The van der Waals surface area contributed by atoms with Gasteiger partial charge in [-0.3, -0.25) is 9.59 Å². The minimum Gasteiger partial charge on any atom is -0.493 e. The first kappa shape index (κ1) is 49.7. The largest absolute Gasteiger partial charge is 0.493 e. The van der Waals surface area contributed by atoms with Crippen molar-refractivity contribution < 1.29 is 47.5 Å². The zero-order valence-electron chi connectivity index (χ0n) is 43.2. The zero-order valence-corrected chi connectivity index (χ0v) is 43.2. The first-order valence-electron chi connectivity index (χ1n) is 26.6. The number of hydrogen-bond donors (Lipinski definition) is 0. The minimum absolute atomic E-state index is 0.0925. The third-order valence-corrected chi connectivity index (χ3v) is 15.1. The van der Waals surface area contributed by atoms with Crippen LogP contribution >= 0.6 is 0 Å². The normalized spacial score (nSPS) is 17.3. The molecule has 2 aliphatic heterocycles. The second-order valence-corrected chi connectivity index (χ2v) is 20.7. The van der Waals surface area contributed by atoms with E-state index in [-0.39, 0.29) is 37.3 Å². The Morgan fingerprint density at radius 1 is 0.403 bits per heavy atom. The van der Waals surface area contributed by atoms with Gasteiger partial charge < -0.3 is 37.9 Å². The van der Waals surface area contributed by atoms with Gasteiger partial charge in [0.15, 0.2) is 0 Å². The van der Waals surface area contributed by atoms with Crippen LogP contribution < -0.4 is 18.9 Å². The lowest BCUT2D eigenvalue weighted by Crippen LogP contribution is -2.28. The maximum atomic E-state index is 12.8. The second kappa shape index (κ2) is 21.4. The highest BCUT2D eigenvalue weighted by molar-refractivity contribution is 5.91. The molecule has 388 valence electrons. The maximum absolute atomic E-state index is 12.8. The molecule has 0 radical (unpaired) electrons. The van der Waals surface area contributed by atoms with Gasteiger partial charge in [0, 0.05) is 11.8 Å². The Kier molecular flexibility index (Phi) is 13.8. The second-order valence-electron chi connectivity index (χ2n) is 20.7. The molecule has 0 amide bonds. The topological polar surface area (TPSA) is 115 Å². The van der Waals surface area contributed by atoms with E-state index in [1.54, 1.807) is 0 Å². The van der Waals surface area contributed by atoms with Crippen LogP contribution in [0.15, 0.2) is 194 Å². The molecule has 2 heterocycles. The fourth-order valence-corrected chi connectivity index (χ4v) is 11.2.